The van der Waals surface area contributed by atoms with Crippen LogP contribution in [-0.4, -0.2) is 5.11 Å². The van der Waals surface area contributed by atoms with Gasteiger partial charge < -0.3 is 5.11 Å². The van der Waals surface area contributed by atoms with Crippen molar-refractivity contribution >= 4 is 11.6 Å². The molecule has 1 atom stereocenters. The summed E-state index contributed by atoms with van der Waals surface area (Å²) >= 11 is 5.97. The molecule has 0 heterocycles. The summed E-state index contributed by atoms with van der Waals surface area (Å²) < 4.78 is 0. The minimum absolute atomic E-state index is 0.419. The number of hydrogen-bond acceptors (Lipinski definition) is 1. The molecule has 1 rings (SSSR count). The summed E-state index contributed by atoms with van der Waals surface area (Å²) in [5, 5.41) is 10.4. The summed E-state index contributed by atoms with van der Waals surface area (Å²) in [5.41, 5.74) is 1.98. The second-order valence-electron chi connectivity index (χ2n) is 3.33. The van der Waals surface area contributed by atoms with Crippen LogP contribution in [0.4, 0.5) is 0 Å². The summed E-state index contributed by atoms with van der Waals surface area (Å²) in [5.74, 6) is 0. The largest absolute Gasteiger partial charge is 0.388 e. The van der Waals surface area contributed by atoms with E-state index in [0.29, 0.717) is 5.02 Å². The highest BCUT2D eigenvalue weighted by atomic mass is 35.5. The third-order valence-corrected chi connectivity index (χ3v) is 2.42. The molecule has 0 amide bonds. The molecule has 13 heavy (non-hydrogen) atoms. The van der Waals surface area contributed by atoms with Gasteiger partial charge in [-0.1, -0.05) is 42.6 Å². The summed E-state index contributed by atoms with van der Waals surface area (Å²) in [7, 11) is 0. The molecule has 0 spiro atoms. The van der Waals surface area contributed by atoms with Crippen LogP contribution >= 0.6 is 11.6 Å². The molecule has 0 bridgehead atoms. The van der Waals surface area contributed by atoms with Crippen molar-refractivity contribution in [3.8, 4) is 0 Å². The van der Waals surface area contributed by atoms with E-state index < -0.39 is 6.10 Å². The summed E-state index contributed by atoms with van der Waals surface area (Å²) in [6, 6.07) is 5.73. The van der Waals surface area contributed by atoms with Crippen LogP contribution in [0.3, 0.4) is 0 Å². The highest BCUT2D eigenvalue weighted by molar-refractivity contribution is 6.31. The van der Waals surface area contributed by atoms with E-state index in [1.807, 2.05) is 32.0 Å². The van der Waals surface area contributed by atoms with Crippen LogP contribution in [0.2, 0.25) is 5.02 Å². The van der Waals surface area contributed by atoms with E-state index >= 15 is 0 Å². The molecule has 0 saturated carbocycles. The Bertz CT molecular complexity index is 283. The summed E-state index contributed by atoms with van der Waals surface area (Å²) in [6.07, 6.45) is 1.31. The Morgan fingerprint density at radius 3 is 2.77 bits per heavy atom. The first-order chi connectivity index (χ1) is 6.15. The van der Waals surface area contributed by atoms with Crippen molar-refractivity contribution in [2.45, 2.75) is 32.8 Å². The minimum atomic E-state index is -0.419. The first-order valence-electron chi connectivity index (χ1n) is 4.59. The lowest BCUT2D eigenvalue weighted by atomic mass is 10.0. The van der Waals surface area contributed by atoms with Gasteiger partial charge >= 0.3 is 0 Å². The van der Waals surface area contributed by atoms with E-state index in [0.717, 1.165) is 24.0 Å². The van der Waals surface area contributed by atoms with E-state index in [2.05, 4.69) is 0 Å². The third-order valence-electron chi connectivity index (χ3n) is 2.07. The van der Waals surface area contributed by atoms with E-state index in [1.165, 1.54) is 0 Å². The fourth-order valence-corrected chi connectivity index (χ4v) is 1.59. The summed E-state index contributed by atoms with van der Waals surface area (Å²) in [6.45, 7) is 4.05. The maximum atomic E-state index is 9.74. The lowest BCUT2D eigenvalue weighted by molar-refractivity contribution is 0.166. The lowest BCUT2D eigenvalue weighted by Gasteiger charge is -2.12. The highest BCUT2D eigenvalue weighted by Crippen LogP contribution is 2.26. The SMILES string of the molecule is CCCC(O)c1cc(C)ccc1Cl. The molecule has 0 aromatic heterocycles. The lowest BCUT2D eigenvalue weighted by Crippen LogP contribution is -1.98. The highest BCUT2D eigenvalue weighted by Gasteiger charge is 2.09. The molecule has 1 unspecified atom stereocenters. The first kappa shape index (κ1) is 10.6. The number of hydrogen-bond donors (Lipinski definition) is 1. The molecule has 72 valence electrons. The maximum Gasteiger partial charge on any atom is 0.0804 e. The monoisotopic (exact) mass is 198 g/mol. The number of aryl methyl sites for hydroxylation is 1. The van der Waals surface area contributed by atoms with Gasteiger partial charge in [0.15, 0.2) is 0 Å². The quantitative estimate of drug-likeness (QED) is 0.789. The standard InChI is InChI=1S/C11H15ClO/c1-3-4-11(13)9-7-8(2)5-6-10(9)12/h5-7,11,13H,3-4H2,1-2H3. The average molecular weight is 199 g/mol. The zero-order valence-corrected chi connectivity index (χ0v) is 8.80. The maximum absolute atomic E-state index is 9.74. The van der Waals surface area contributed by atoms with Gasteiger partial charge in [-0.25, -0.2) is 0 Å². The first-order valence-corrected chi connectivity index (χ1v) is 4.97. The average Bonchev–Trinajstić information content (AvgIpc) is 2.09. The van der Waals surface area contributed by atoms with E-state index in [1.54, 1.807) is 0 Å². The normalized spacial score (nSPS) is 12.9. The Balaban J connectivity index is 2.91. The number of benzene rings is 1. The Morgan fingerprint density at radius 2 is 2.15 bits per heavy atom. The van der Waals surface area contributed by atoms with E-state index in [4.69, 9.17) is 11.6 Å². The van der Waals surface area contributed by atoms with Crippen LogP contribution in [0.1, 0.15) is 37.0 Å². The molecular weight excluding hydrogens is 184 g/mol. The number of aliphatic hydroxyl groups excluding tert-OH is 1. The fraction of sp³-hybridized carbons (Fsp3) is 0.455. The predicted octanol–water partition coefficient (Wildman–Crippen LogP) is 3.48. The van der Waals surface area contributed by atoms with Crippen LogP contribution in [0, 0.1) is 6.92 Å². The molecule has 1 N–H and O–H groups in total. The minimum Gasteiger partial charge on any atom is -0.388 e. The second kappa shape index (κ2) is 4.64. The van der Waals surface area contributed by atoms with Crippen molar-refractivity contribution < 1.29 is 5.11 Å². The molecule has 0 fully saturated rings. The van der Waals surface area contributed by atoms with Gasteiger partial charge in [0.2, 0.25) is 0 Å². The van der Waals surface area contributed by atoms with Gasteiger partial charge in [0.05, 0.1) is 6.10 Å². The molecule has 0 radical (unpaired) electrons. The molecule has 0 saturated heterocycles. The Labute approximate surface area is 84.4 Å². The van der Waals surface area contributed by atoms with E-state index in [9.17, 15) is 5.11 Å². The van der Waals surface area contributed by atoms with Gasteiger partial charge in [-0.2, -0.15) is 0 Å². The van der Waals surface area contributed by atoms with Crippen molar-refractivity contribution in [1.29, 1.82) is 0 Å². The zero-order valence-electron chi connectivity index (χ0n) is 8.05. The Hall–Kier alpha value is -0.530. The van der Waals surface area contributed by atoms with Crippen molar-refractivity contribution in [3.63, 3.8) is 0 Å². The number of aliphatic hydroxyl groups is 1. The number of halogens is 1. The number of rotatable bonds is 3. The fourth-order valence-electron chi connectivity index (χ4n) is 1.35. The van der Waals surface area contributed by atoms with Crippen LogP contribution in [0.5, 0.6) is 0 Å². The van der Waals surface area contributed by atoms with Gasteiger partial charge in [0.25, 0.3) is 0 Å². The zero-order chi connectivity index (χ0) is 9.84. The topological polar surface area (TPSA) is 20.2 Å². The molecule has 0 aliphatic rings. The Kier molecular flexibility index (Phi) is 3.76. The van der Waals surface area contributed by atoms with Crippen molar-refractivity contribution in [2.24, 2.45) is 0 Å². The molecule has 0 aliphatic carbocycles. The van der Waals surface area contributed by atoms with Crippen LogP contribution in [0.25, 0.3) is 0 Å². The van der Waals surface area contributed by atoms with Gasteiger partial charge in [-0.15, -0.1) is 0 Å². The van der Waals surface area contributed by atoms with Crippen molar-refractivity contribution in [3.05, 3.63) is 34.3 Å². The van der Waals surface area contributed by atoms with Gasteiger partial charge in [0.1, 0.15) is 0 Å². The third kappa shape index (κ3) is 2.71. The molecule has 2 heteroatoms. The molecule has 1 nitrogen and oxygen atoms in total. The van der Waals surface area contributed by atoms with Crippen molar-refractivity contribution in [1.82, 2.24) is 0 Å². The van der Waals surface area contributed by atoms with Gasteiger partial charge in [0, 0.05) is 5.02 Å². The predicted molar refractivity (Wildman–Crippen MR) is 56.1 cm³/mol. The van der Waals surface area contributed by atoms with Gasteiger partial charge in [-0.3, -0.25) is 0 Å². The van der Waals surface area contributed by atoms with Crippen LogP contribution in [-0.2, 0) is 0 Å². The van der Waals surface area contributed by atoms with Crippen LogP contribution in [0.15, 0.2) is 18.2 Å². The second-order valence-corrected chi connectivity index (χ2v) is 3.74. The molecular formula is C11H15ClO. The smallest absolute Gasteiger partial charge is 0.0804 e. The molecule has 0 aliphatic heterocycles. The van der Waals surface area contributed by atoms with Crippen LogP contribution < -0.4 is 0 Å². The molecule has 1 aromatic rings. The van der Waals surface area contributed by atoms with Crippen molar-refractivity contribution in [2.75, 3.05) is 0 Å². The Morgan fingerprint density at radius 1 is 1.46 bits per heavy atom. The van der Waals surface area contributed by atoms with Gasteiger partial charge in [-0.05, 0) is 25.0 Å². The summed E-state index contributed by atoms with van der Waals surface area (Å²) in [4.78, 5) is 0. The molecule has 1 aromatic carbocycles. The van der Waals surface area contributed by atoms with E-state index in [-0.39, 0.29) is 0 Å².